The monoisotopic (exact) mass is 365 g/mol. The summed E-state index contributed by atoms with van der Waals surface area (Å²) in [6.07, 6.45) is 8.85. The second kappa shape index (κ2) is 18.3. The molecule has 0 heterocycles. The maximum absolute atomic E-state index is 2.33. The van der Waals surface area contributed by atoms with Crippen LogP contribution in [0.4, 0.5) is 0 Å². The molecule has 95 valence electrons. The number of hydrogen-bond donors (Lipinski definition) is 0. The zero-order valence-corrected chi connectivity index (χ0v) is 15.0. The second-order valence-corrected chi connectivity index (χ2v) is 12.6. The fourth-order valence-corrected chi connectivity index (χ4v) is 11.1. The minimum atomic E-state index is -0.839. The van der Waals surface area contributed by atoms with E-state index in [1.807, 2.05) is 0 Å². The van der Waals surface area contributed by atoms with Crippen molar-refractivity contribution in [2.45, 2.75) is 72.6 Å². The second-order valence-electron chi connectivity index (χ2n) is 4.06. The third-order valence-corrected chi connectivity index (χ3v) is 11.7. The molecule has 0 aromatic carbocycles. The molecule has 0 aromatic rings. The van der Waals surface area contributed by atoms with E-state index in [1.54, 1.807) is 13.3 Å². The van der Waals surface area contributed by atoms with Gasteiger partial charge in [-0.3, -0.25) is 0 Å². The van der Waals surface area contributed by atoms with E-state index in [0.29, 0.717) is 0 Å². The van der Waals surface area contributed by atoms with Crippen molar-refractivity contribution in [1.82, 2.24) is 0 Å². The Bertz CT molecular complexity index is 96.7. The van der Waals surface area contributed by atoms with E-state index < -0.39 is 19.8 Å². The fraction of sp³-hybridized carbons (Fsp3) is 1.00. The minimum Gasteiger partial charge on any atom is -1.00 e. The van der Waals surface area contributed by atoms with Crippen LogP contribution in [0.15, 0.2) is 0 Å². The first kappa shape index (κ1) is 22.1. The van der Waals surface area contributed by atoms with Crippen LogP contribution in [-0.2, 0) is 17.1 Å². The average Bonchev–Trinajstić information content (AvgIpc) is 2.17. The van der Waals surface area contributed by atoms with Crippen molar-refractivity contribution in [3.05, 3.63) is 0 Å². The van der Waals surface area contributed by atoms with Crippen molar-refractivity contribution in [2.24, 2.45) is 0 Å². The van der Waals surface area contributed by atoms with Crippen molar-refractivity contribution < 1.29 is 41.6 Å². The molecule has 0 N–H and O–H groups in total. The molecule has 0 aliphatic heterocycles. The van der Waals surface area contributed by atoms with Gasteiger partial charge in [0.05, 0.1) is 0 Å². The number of hydrogen-bond acceptors (Lipinski definition) is 0. The van der Waals surface area contributed by atoms with E-state index in [9.17, 15) is 0 Å². The Balaban J connectivity index is -0.0000000480. The molecule has 0 saturated heterocycles. The zero-order chi connectivity index (χ0) is 9.94. The smallest absolute Gasteiger partial charge is 1.00 e. The topological polar surface area (TPSA) is 0 Å². The summed E-state index contributed by atoms with van der Waals surface area (Å²) in [5, 5.41) is 0. The van der Waals surface area contributed by atoms with Gasteiger partial charge in [-0.1, -0.05) is 0 Å². The molecule has 0 spiro atoms. The van der Waals surface area contributed by atoms with Crippen LogP contribution < -0.4 is 18.9 Å². The molecule has 0 atom stereocenters. The Morgan fingerprint density at radius 2 is 1.00 bits per heavy atom. The Hall–Kier alpha value is 1.92. The predicted molar refractivity (Wildman–Crippen MR) is 69.3 cm³/mol. The van der Waals surface area contributed by atoms with Crippen molar-refractivity contribution in [3.8, 4) is 0 Å². The maximum Gasteiger partial charge on any atom is 2.00 e. The summed E-state index contributed by atoms with van der Waals surface area (Å²) in [6.45, 7) is 7.00. The van der Waals surface area contributed by atoms with E-state index in [1.165, 1.54) is 38.5 Å². The largest absolute Gasteiger partial charge is 2.00 e. The van der Waals surface area contributed by atoms with Gasteiger partial charge in [0.1, 0.15) is 0 Å². The molecular formula is C12H31CuLiSn. The number of unbranched alkanes of at least 4 members (excludes halogenated alkanes) is 3. The predicted octanol–water partition coefficient (Wildman–Crippen LogP) is 2.33. The van der Waals surface area contributed by atoms with Crippen molar-refractivity contribution in [1.29, 1.82) is 0 Å². The third-order valence-electron chi connectivity index (χ3n) is 2.65. The molecule has 0 aliphatic carbocycles. The Morgan fingerprint density at radius 3 is 1.20 bits per heavy atom. The Kier molecular flexibility index (Phi) is 27.0. The van der Waals surface area contributed by atoms with E-state index in [0.717, 1.165) is 0 Å². The standard InChI is InChI=1S/3C4H9.Cu.Li.Sn.4H/c3*1-3-4-2;;;;;;;/h3*1,3-4H2,2H3;;;;;;;/q;;;+2;2*+1;4*-1. The molecule has 0 rings (SSSR count). The van der Waals surface area contributed by atoms with Gasteiger partial charge in [-0.25, -0.2) is 0 Å². The number of rotatable bonds is 9. The quantitative estimate of drug-likeness (QED) is 0.551. The summed E-state index contributed by atoms with van der Waals surface area (Å²) in [5.74, 6) is 0. The van der Waals surface area contributed by atoms with Crippen LogP contribution in [-0.4, -0.2) is 19.8 Å². The van der Waals surface area contributed by atoms with Gasteiger partial charge in [-0.05, 0) is 0 Å². The zero-order valence-electron chi connectivity index (χ0n) is 15.2. The van der Waals surface area contributed by atoms with Crippen LogP contribution in [0.3, 0.4) is 0 Å². The average molecular weight is 365 g/mol. The summed E-state index contributed by atoms with van der Waals surface area (Å²) >= 11 is -0.839. The first-order valence-electron chi connectivity index (χ1n) is 6.18. The minimum absolute atomic E-state index is 0. The molecule has 1 radical (unpaired) electrons. The fourth-order valence-electron chi connectivity index (χ4n) is 1.66. The summed E-state index contributed by atoms with van der Waals surface area (Å²) in [7, 11) is 0. The van der Waals surface area contributed by atoms with Crippen molar-refractivity contribution in [2.75, 3.05) is 0 Å². The van der Waals surface area contributed by atoms with Crippen LogP contribution in [0.2, 0.25) is 13.3 Å². The first-order chi connectivity index (χ1) is 6.35. The van der Waals surface area contributed by atoms with Gasteiger partial charge in [0.15, 0.2) is 0 Å². The van der Waals surface area contributed by atoms with Crippen LogP contribution in [0.1, 0.15) is 65.0 Å². The molecule has 0 saturated carbocycles. The van der Waals surface area contributed by atoms with Gasteiger partial charge in [0.25, 0.3) is 0 Å². The van der Waals surface area contributed by atoms with Gasteiger partial charge in [-0.15, -0.1) is 0 Å². The Labute approximate surface area is 133 Å². The maximum atomic E-state index is 2.33. The summed E-state index contributed by atoms with van der Waals surface area (Å²) < 4.78 is 5.04. The van der Waals surface area contributed by atoms with Gasteiger partial charge in [-0.2, -0.15) is 0 Å². The van der Waals surface area contributed by atoms with Gasteiger partial charge in [0, 0.05) is 0 Å². The van der Waals surface area contributed by atoms with Crippen LogP contribution in [0.25, 0.3) is 0 Å². The van der Waals surface area contributed by atoms with Crippen LogP contribution >= 0.6 is 0 Å². The van der Waals surface area contributed by atoms with Crippen LogP contribution in [0, 0.1) is 0 Å². The van der Waals surface area contributed by atoms with Crippen LogP contribution in [0.5, 0.6) is 0 Å². The molecule has 0 amide bonds. The van der Waals surface area contributed by atoms with Gasteiger partial charge >= 0.3 is 128 Å². The summed E-state index contributed by atoms with van der Waals surface area (Å²) in [4.78, 5) is 0. The van der Waals surface area contributed by atoms with Gasteiger partial charge < -0.3 is 5.71 Å². The molecule has 0 unspecified atom stereocenters. The van der Waals surface area contributed by atoms with E-state index in [2.05, 4.69) is 20.8 Å². The molecule has 3 heteroatoms. The van der Waals surface area contributed by atoms with Crippen molar-refractivity contribution in [3.63, 3.8) is 0 Å². The first-order valence-corrected chi connectivity index (χ1v) is 12.2. The third kappa shape index (κ3) is 15.9. The molecule has 0 nitrogen and oxygen atoms in total. The normalized spacial score (nSPS) is 9.00. The van der Waals surface area contributed by atoms with Crippen molar-refractivity contribution >= 4 is 19.8 Å². The summed E-state index contributed by atoms with van der Waals surface area (Å²) in [5.41, 5.74) is 0. The molecule has 0 fully saturated rings. The molecular weight excluding hydrogens is 333 g/mol. The summed E-state index contributed by atoms with van der Waals surface area (Å²) in [6, 6.07) is 0. The molecule has 0 bridgehead atoms. The van der Waals surface area contributed by atoms with E-state index >= 15 is 0 Å². The molecule has 15 heavy (non-hydrogen) atoms. The SMILES string of the molecule is CCC[CH2][Sn+]([CH2]CCC)[CH2]CCC.[Cu+2].[H-].[H-].[H-].[H-].[Li+]. The van der Waals surface area contributed by atoms with E-state index in [4.69, 9.17) is 0 Å². The molecule has 0 aromatic heterocycles. The Morgan fingerprint density at radius 1 is 0.733 bits per heavy atom. The molecule has 0 aliphatic rings. The van der Waals surface area contributed by atoms with E-state index in [-0.39, 0.29) is 41.6 Å². The van der Waals surface area contributed by atoms with Gasteiger partial charge in [0.2, 0.25) is 0 Å².